The average Bonchev–Trinajstić information content (AvgIpc) is 2.61. The lowest BCUT2D eigenvalue weighted by Crippen LogP contribution is -2.26. The first-order chi connectivity index (χ1) is 12.9. The first-order valence-electron chi connectivity index (χ1n) is 11.6. The SMILES string of the molecule is CCCCCCCCCCCCC(O)CC(CCCCCCC)S(=O)(=O)O. The Labute approximate surface area is 169 Å². The molecule has 0 aromatic rings. The third-order valence-corrected chi connectivity index (χ3v) is 6.75. The second-order valence-electron chi connectivity index (χ2n) is 8.20. The van der Waals surface area contributed by atoms with Crippen LogP contribution >= 0.6 is 0 Å². The maximum atomic E-state index is 11.6. The van der Waals surface area contributed by atoms with Crippen LogP contribution in [-0.4, -0.2) is 29.4 Å². The van der Waals surface area contributed by atoms with Gasteiger partial charge >= 0.3 is 0 Å². The Kier molecular flexibility index (Phi) is 17.8. The molecular weight excluding hydrogens is 360 g/mol. The molecule has 0 aromatic carbocycles. The Balaban J connectivity index is 3.79. The lowest BCUT2D eigenvalue weighted by molar-refractivity contribution is 0.146. The summed E-state index contributed by atoms with van der Waals surface area (Å²) in [5.41, 5.74) is 0. The Morgan fingerprint density at radius 3 is 1.41 bits per heavy atom. The molecule has 0 aromatic heterocycles. The largest absolute Gasteiger partial charge is 0.393 e. The summed E-state index contributed by atoms with van der Waals surface area (Å²) in [7, 11) is -4.07. The molecule has 0 aliphatic carbocycles. The minimum absolute atomic E-state index is 0.171. The van der Waals surface area contributed by atoms with Crippen LogP contribution in [0.5, 0.6) is 0 Å². The Morgan fingerprint density at radius 1 is 0.630 bits per heavy atom. The molecule has 2 N–H and O–H groups in total. The molecule has 0 radical (unpaired) electrons. The van der Waals surface area contributed by atoms with Crippen LogP contribution in [0.4, 0.5) is 0 Å². The van der Waals surface area contributed by atoms with Gasteiger partial charge in [-0.1, -0.05) is 110 Å². The standard InChI is InChI=1S/C22H46O4S/c1-3-5-7-9-10-11-12-13-15-16-18-21(23)20-22(27(24,25)26)19-17-14-8-6-4-2/h21-23H,3-20H2,1-2H3,(H,24,25,26). The minimum Gasteiger partial charge on any atom is -0.393 e. The molecule has 0 saturated heterocycles. The second kappa shape index (κ2) is 17.9. The van der Waals surface area contributed by atoms with Crippen molar-refractivity contribution in [1.29, 1.82) is 0 Å². The van der Waals surface area contributed by atoms with Gasteiger partial charge in [-0.25, -0.2) is 0 Å². The van der Waals surface area contributed by atoms with E-state index >= 15 is 0 Å². The summed E-state index contributed by atoms with van der Waals surface area (Å²) in [6.07, 6.45) is 18.3. The maximum absolute atomic E-state index is 11.6. The number of hydrogen-bond acceptors (Lipinski definition) is 3. The Hall–Kier alpha value is -0.130. The zero-order valence-corrected chi connectivity index (χ0v) is 18.8. The van der Waals surface area contributed by atoms with Crippen molar-refractivity contribution >= 4 is 10.1 Å². The molecule has 0 fully saturated rings. The predicted octanol–water partition coefficient (Wildman–Crippen LogP) is 6.67. The molecule has 5 heteroatoms. The molecule has 0 bridgehead atoms. The molecule has 0 saturated carbocycles. The molecule has 2 unspecified atom stereocenters. The molecule has 0 heterocycles. The van der Waals surface area contributed by atoms with Crippen LogP contribution in [0.3, 0.4) is 0 Å². The van der Waals surface area contributed by atoms with E-state index in [-0.39, 0.29) is 6.42 Å². The minimum atomic E-state index is -4.07. The van der Waals surface area contributed by atoms with Crippen molar-refractivity contribution in [2.45, 2.75) is 141 Å². The smallest absolute Gasteiger partial charge is 0.267 e. The summed E-state index contributed by atoms with van der Waals surface area (Å²) in [6, 6.07) is 0. The van der Waals surface area contributed by atoms with Crippen LogP contribution in [0.25, 0.3) is 0 Å². The van der Waals surface area contributed by atoms with Gasteiger partial charge in [-0.3, -0.25) is 4.55 Å². The monoisotopic (exact) mass is 406 g/mol. The summed E-state index contributed by atoms with van der Waals surface area (Å²) in [5.74, 6) is 0. The van der Waals surface area contributed by atoms with E-state index in [0.717, 1.165) is 44.9 Å². The average molecular weight is 407 g/mol. The third-order valence-electron chi connectivity index (χ3n) is 5.48. The van der Waals surface area contributed by atoms with Crippen LogP contribution in [0.2, 0.25) is 0 Å². The van der Waals surface area contributed by atoms with Crippen molar-refractivity contribution in [1.82, 2.24) is 0 Å². The van der Waals surface area contributed by atoms with Crippen molar-refractivity contribution in [3.05, 3.63) is 0 Å². The third kappa shape index (κ3) is 17.7. The zero-order valence-electron chi connectivity index (χ0n) is 18.0. The summed E-state index contributed by atoms with van der Waals surface area (Å²) in [4.78, 5) is 0. The van der Waals surface area contributed by atoms with E-state index in [0.29, 0.717) is 12.8 Å². The first kappa shape index (κ1) is 26.9. The van der Waals surface area contributed by atoms with Gasteiger partial charge in [-0.05, 0) is 19.3 Å². The topological polar surface area (TPSA) is 74.6 Å². The fourth-order valence-electron chi connectivity index (χ4n) is 3.65. The van der Waals surface area contributed by atoms with Crippen LogP contribution in [0.15, 0.2) is 0 Å². The van der Waals surface area contributed by atoms with E-state index in [4.69, 9.17) is 0 Å². The van der Waals surface area contributed by atoms with E-state index in [9.17, 15) is 18.1 Å². The van der Waals surface area contributed by atoms with Gasteiger partial charge in [0.2, 0.25) is 0 Å². The maximum Gasteiger partial charge on any atom is 0.267 e. The van der Waals surface area contributed by atoms with Gasteiger partial charge < -0.3 is 5.11 Å². The van der Waals surface area contributed by atoms with E-state index < -0.39 is 21.5 Å². The molecule has 0 aliphatic heterocycles. The highest BCUT2D eigenvalue weighted by Gasteiger charge is 2.25. The van der Waals surface area contributed by atoms with Gasteiger partial charge in [0.1, 0.15) is 0 Å². The molecule has 2 atom stereocenters. The summed E-state index contributed by atoms with van der Waals surface area (Å²) in [5, 5.41) is 9.36. The molecule has 0 spiro atoms. The molecule has 0 aliphatic rings. The molecule has 27 heavy (non-hydrogen) atoms. The lowest BCUT2D eigenvalue weighted by Gasteiger charge is -2.18. The van der Waals surface area contributed by atoms with Crippen molar-refractivity contribution in [2.75, 3.05) is 0 Å². The van der Waals surface area contributed by atoms with Gasteiger partial charge in [0.25, 0.3) is 10.1 Å². The molecular formula is C22H46O4S. The lowest BCUT2D eigenvalue weighted by atomic mass is 10.0. The van der Waals surface area contributed by atoms with Crippen molar-refractivity contribution in [3.63, 3.8) is 0 Å². The number of unbranched alkanes of at least 4 members (excludes halogenated alkanes) is 13. The van der Waals surface area contributed by atoms with E-state index in [1.165, 1.54) is 51.4 Å². The first-order valence-corrected chi connectivity index (χ1v) is 13.1. The highest BCUT2D eigenvalue weighted by molar-refractivity contribution is 7.86. The Morgan fingerprint density at radius 2 is 1.00 bits per heavy atom. The van der Waals surface area contributed by atoms with E-state index in [1.54, 1.807) is 0 Å². The normalized spacial score (nSPS) is 14.4. The highest BCUT2D eigenvalue weighted by Crippen LogP contribution is 2.20. The molecule has 4 nitrogen and oxygen atoms in total. The van der Waals surface area contributed by atoms with Gasteiger partial charge in [0.15, 0.2) is 0 Å². The predicted molar refractivity (Wildman–Crippen MR) is 116 cm³/mol. The van der Waals surface area contributed by atoms with Crippen LogP contribution in [0, 0.1) is 0 Å². The van der Waals surface area contributed by atoms with E-state index in [1.807, 2.05) is 0 Å². The van der Waals surface area contributed by atoms with E-state index in [2.05, 4.69) is 13.8 Å². The fraction of sp³-hybridized carbons (Fsp3) is 1.00. The summed E-state index contributed by atoms with van der Waals surface area (Å²) < 4.78 is 32.6. The fourth-order valence-corrected chi connectivity index (χ4v) is 4.58. The van der Waals surface area contributed by atoms with Crippen LogP contribution in [0.1, 0.15) is 129 Å². The quantitative estimate of drug-likeness (QED) is 0.175. The molecule has 0 amide bonds. The summed E-state index contributed by atoms with van der Waals surface area (Å²) >= 11 is 0. The van der Waals surface area contributed by atoms with Gasteiger partial charge in [-0.2, -0.15) is 8.42 Å². The number of aliphatic hydroxyl groups is 1. The number of hydrogen-bond donors (Lipinski definition) is 2. The number of aliphatic hydroxyl groups excluding tert-OH is 1. The van der Waals surface area contributed by atoms with Gasteiger partial charge in [0, 0.05) is 0 Å². The number of rotatable bonds is 20. The van der Waals surface area contributed by atoms with Crippen molar-refractivity contribution in [2.24, 2.45) is 0 Å². The van der Waals surface area contributed by atoms with Crippen molar-refractivity contribution in [3.8, 4) is 0 Å². The van der Waals surface area contributed by atoms with Crippen LogP contribution in [-0.2, 0) is 10.1 Å². The van der Waals surface area contributed by atoms with Crippen LogP contribution < -0.4 is 0 Å². The highest BCUT2D eigenvalue weighted by atomic mass is 32.2. The van der Waals surface area contributed by atoms with Gasteiger partial charge in [-0.15, -0.1) is 0 Å². The summed E-state index contributed by atoms with van der Waals surface area (Å²) in [6.45, 7) is 4.38. The molecule has 0 rings (SSSR count). The molecule has 164 valence electrons. The van der Waals surface area contributed by atoms with Gasteiger partial charge in [0.05, 0.1) is 11.4 Å². The Bertz CT molecular complexity index is 409. The van der Waals surface area contributed by atoms with Crippen molar-refractivity contribution < 1.29 is 18.1 Å². The zero-order chi connectivity index (χ0) is 20.4. The second-order valence-corrected chi connectivity index (χ2v) is 9.90.